The largest absolute Gasteiger partial charge is 0.424 e. The average molecular weight is 452 g/mol. The van der Waals surface area contributed by atoms with Gasteiger partial charge >= 0.3 is 0 Å². The van der Waals surface area contributed by atoms with Crippen LogP contribution in [0.1, 0.15) is 29.6 Å². The summed E-state index contributed by atoms with van der Waals surface area (Å²) >= 11 is 1.14. The van der Waals surface area contributed by atoms with Gasteiger partial charge in [0.1, 0.15) is 22.8 Å². The number of pyridine rings is 1. The lowest BCUT2D eigenvalue weighted by Gasteiger charge is -2.06. The van der Waals surface area contributed by atoms with Crippen LogP contribution in [0.5, 0.6) is 0 Å². The lowest BCUT2D eigenvalue weighted by Crippen LogP contribution is -2.36. The summed E-state index contributed by atoms with van der Waals surface area (Å²) in [5.41, 5.74) is 0.293. The summed E-state index contributed by atoms with van der Waals surface area (Å²) in [6.07, 6.45) is 2.36. The van der Waals surface area contributed by atoms with Gasteiger partial charge in [-0.25, -0.2) is 13.8 Å². The number of hydrogen-bond acceptors (Lipinski definition) is 8. The third kappa shape index (κ3) is 3.92. The molecule has 0 radical (unpaired) electrons. The monoisotopic (exact) mass is 452 g/mol. The van der Waals surface area contributed by atoms with E-state index in [4.69, 9.17) is 9.68 Å². The molecule has 0 saturated heterocycles. The highest BCUT2D eigenvalue weighted by Crippen LogP contribution is 2.34. The Morgan fingerprint density at radius 2 is 2.03 bits per heavy atom. The highest BCUT2D eigenvalue weighted by atomic mass is 32.1. The quantitative estimate of drug-likeness (QED) is 0.477. The topological polar surface area (TPSA) is 118 Å². The van der Waals surface area contributed by atoms with Crippen molar-refractivity contribution in [3.63, 3.8) is 0 Å². The SMILES string of the molecule is N#CC1(NC(=O)Cc2nnc(Cc3nc4ccc(-c5ccc(F)cn5)c(F)c4s3)o2)CC1. The number of rotatable bonds is 6. The van der Waals surface area contributed by atoms with Crippen LogP contribution >= 0.6 is 11.3 Å². The third-order valence-electron chi connectivity index (χ3n) is 5.01. The fourth-order valence-electron chi connectivity index (χ4n) is 3.21. The van der Waals surface area contributed by atoms with Crippen molar-refractivity contribution >= 4 is 27.5 Å². The Balaban J connectivity index is 1.32. The highest BCUT2D eigenvalue weighted by molar-refractivity contribution is 7.18. The number of carbonyl (C=O) groups excluding carboxylic acids is 1. The summed E-state index contributed by atoms with van der Waals surface area (Å²) in [7, 11) is 0. The van der Waals surface area contributed by atoms with Crippen molar-refractivity contribution in [1.29, 1.82) is 5.26 Å². The fraction of sp³-hybridized carbons (Fsp3) is 0.238. The summed E-state index contributed by atoms with van der Waals surface area (Å²) in [6.45, 7) is 0. The molecule has 1 saturated carbocycles. The van der Waals surface area contributed by atoms with Crippen LogP contribution in [0.25, 0.3) is 21.5 Å². The van der Waals surface area contributed by atoms with E-state index in [9.17, 15) is 9.18 Å². The van der Waals surface area contributed by atoms with Gasteiger partial charge in [-0.1, -0.05) is 0 Å². The van der Waals surface area contributed by atoms with Gasteiger partial charge < -0.3 is 9.73 Å². The Morgan fingerprint density at radius 1 is 1.22 bits per heavy atom. The summed E-state index contributed by atoms with van der Waals surface area (Å²) in [5, 5.41) is 20.1. The van der Waals surface area contributed by atoms with Gasteiger partial charge in [-0.2, -0.15) is 5.26 Å². The van der Waals surface area contributed by atoms with Crippen molar-refractivity contribution in [3.8, 4) is 17.3 Å². The van der Waals surface area contributed by atoms with E-state index in [1.54, 1.807) is 12.1 Å². The van der Waals surface area contributed by atoms with Crippen LogP contribution in [0.3, 0.4) is 0 Å². The molecule has 1 N–H and O–H groups in total. The van der Waals surface area contributed by atoms with E-state index in [0.717, 1.165) is 17.5 Å². The summed E-state index contributed by atoms with van der Waals surface area (Å²) in [6, 6.07) is 7.95. The number of nitriles is 1. The molecule has 0 spiro atoms. The van der Waals surface area contributed by atoms with Gasteiger partial charge in [0.2, 0.25) is 17.7 Å². The minimum atomic E-state index is -0.757. The molecule has 0 atom stereocenters. The van der Waals surface area contributed by atoms with Gasteiger partial charge in [-0.05, 0) is 37.1 Å². The Morgan fingerprint density at radius 3 is 2.75 bits per heavy atom. The van der Waals surface area contributed by atoms with Crippen LogP contribution in [0.4, 0.5) is 8.78 Å². The molecule has 4 aromatic rings. The predicted octanol–water partition coefficient (Wildman–Crippen LogP) is 3.33. The van der Waals surface area contributed by atoms with Crippen LogP contribution < -0.4 is 5.32 Å². The number of benzene rings is 1. The molecule has 1 aromatic carbocycles. The molecule has 5 rings (SSSR count). The summed E-state index contributed by atoms with van der Waals surface area (Å²) < 4.78 is 34.0. The maximum Gasteiger partial charge on any atom is 0.230 e. The molecule has 160 valence electrons. The van der Waals surface area contributed by atoms with Crippen molar-refractivity contribution in [2.24, 2.45) is 0 Å². The molecule has 11 heteroatoms. The molecule has 1 aliphatic rings. The molecule has 3 heterocycles. The number of halogens is 2. The lowest BCUT2D eigenvalue weighted by molar-refractivity contribution is -0.121. The van der Waals surface area contributed by atoms with E-state index < -0.39 is 17.2 Å². The first-order valence-corrected chi connectivity index (χ1v) is 10.5. The van der Waals surface area contributed by atoms with Crippen LogP contribution in [0.2, 0.25) is 0 Å². The number of carbonyl (C=O) groups is 1. The number of hydrogen-bond donors (Lipinski definition) is 1. The number of nitrogens with zero attached hydrogens (tertiary/aromatic N) is 5. The van der Waals surface area contributed by atoms with Crippen molar-refractivity contribution in [2.45, 2.75) is 31.2 Å². The molecule has 0 bridgehead atoms. The van der Waals surface area contributed by atoms with E-state index in [1.807, 2.05) is 0 Å². The van der Waals surface area contributed by atoms with Crippen molar-refractivity contribution in [2.75, 3.05) is 0 Å². The van der Waals surface area contributed by atoms with Gasteiger partial charge in [0.05, 0.1) is 34.6 Å². The average Bonchev–Trinajstić information content (AvgIpc) is 3.20. The third-order valence-corrected chi connectivity index (χ3v) is 6.07. The normalized spacial score (nSPS) is 14.3. The van der Waals surface area contributed by atoms with Gasteiger partial charge in [0, 0.05) is 5.56 Å². The van der Waals surface area contributed by atoms with Gasteiger partial charge in [-0.3, -0.25) is 9.78 Å². The molecule has 0 unspecified atom stereocenters. The molecule has 1 fully saturated rings. The summed E-state index contributed by atoms with van der Waals surface area (Å²) in [4.78, 5) is 20.4. The Bertz CT molecular complexity index is 1370. The standard InChI is InChI=1S/C21H14F2N6O2S/c22-11-1-3-13(25-9-11)12-2-4-14-20(19(12)23)32-18(26-14)8-17-29-28-16(31-17)7-15(30)27-21(10-24)5-6-21/h1-4,9H,5-8H2,(H,27,30). The zero-order valence-corrected chi connectivity index (χ0v) is 17.2. The minimum Gasteiger partial charge on any atom is -0.424 e. The smallest absolute Gasteiger partial charge is 0.230 e. The molecule has 32 heavy (non-hydrogen) atoms. The second-order valence-electron chi connectivity index (χ2n) is 7.43. The molecule has 1 aliphatic carbocycles. The zero-order chi connectivity index (χ0) is 22.3. The maximum absolute atomic E-state index is 15.0. The van der Waals surface area contributed by atoms with E-state index >= 15 is 4.39 Å². The molecule has 8 nitrogen and oxygen atoms in total. The lowest BCUT2D eigenvalue weighted by atomic mass is 10.1. The molecule has 1 amide bonds. The van der Waals surface area contributed by atoms with Crippen molar-refractivity contribution in [3.05, 3.63) is 58.9 Å². The highest BCUT2D eigenvalue weighted by Gasteiger charge is 2.44. The number of aromatic nitrogens is 4. The summed E-state index contributed by atoms with van der Waals surface area (Å²) in [5.74, 6) is -0.968. The fourth-order valence-corrected chi connectivity index (χ4v) is 4.21. The van der Waals surface area contributed by atoms with Gasteiger partial charge in [0.15, 0.2) is 5.82 Å². The van der Waals surface area contributed by atoms with Crippen molar-refractivity contribution in [1.82, 2.24) is 25.5 Å². The molecular weight excluding hydrogens is 438 g/mol. The number of fused-ring (bicyclic) bond motifs is 1. The van der Waals surface area contributed by atoms with E-state index in [2.05, 4.69) is 31.6 Å². The molecular formula is C21H14F2N6O2S. The minimum absolute atomic E-state index is 0.126. The number of amides is 1. The predicted molar refractivity (Wildman–Crippen MR) is 109 cm³/mol. The first-order chi connectivity index (χ1) is 15.4. The van der Waals surface area contributed by atoms with Crippen LogP contribution in [-0.4, -0.2) is 31.6 Å². The first kappa shape index (κ1) is 20.1. The van der Waals surface area contributed by atoms with Crippen LogP contribution in [0.15, 0.2) is 34.9 Å². The first-order valence-electron chi connectivity index (χ1n) is 9.68. The Kier molecular flexibility index (Phi) is 4.86. The molecule has 3 aromatic heterocycles. The number of nitrogens with one attached hydrogen (secondary N) is 1. The van der Waals surface area contributed by atoms with Crippen LogP contribution in [0, 0.1) is 23.0 Å². The molecule has 0 aliphatic heterocycles. The zero-order valence-electron chi connectivity index (χ0n) is 16.4. The number of thiazole rings is 1. The van der Waals surface area contributed by atoms with E-state index in [0.29, 0.717) is 33.8 Å². The van der Waals surface area contributed by atoms with Crippen LogP contribution in [-0.2, 0) is 17.6 Å². The Labute approximate surface area is 183 Å². The van der Waals surface area contributed by atoms with E-state index in [-0.39, 0.29) is 36.1 Å². The van der Waals surface area contributed by atoms with Gasteiger partial charge in [-0.15, -0.1) is 21.5 Å². The van der Waals surface area contributed by atoms with Crippen molar-refractivity contribution < 1.29 is 18.0 Å². The second-order valence-corrected chi connectivity index (χ2v) is 8.51. The Hall–Kier alpha value is -3.78. The second kappa shape index (κ2) is 7.72. The van der Waals surface area contributed by atoms with Gasteiger partial charge in [0.25, 0.3) is 0 Å². The van der Waals surface area contributed by atoms with E-state index in [1.165, 1.54) is 12.1 Å². The maximum atomic E-state index is 15.0.